The average molecular weight is 677 g/mol. The lowest BCUT2D eigenvalue weighted by molar-refractivity contribution is -0.122. The van der Waals surface area contributed by atoms with Gasteiger partial charge in [0.2, 0.25) is 17.6 Å². The van der Waals surface area contributed by atoms with Gasteiger partial charge in [-0.2, -0.15) is 0 Å². The summed E-state index contributed by atoms with van der Waals surface area (Å²) in [4.78, 5) is 47.2. The third-order valence-corrected chi connectivity index (χ3v) is 8.43. The van der Waals surface area contributed by atoms with Gasteiger partial charge >= 0.3 is 0 Å². The maximum atomic E-state index is 15.9. The van der Waals surface area contributed by atoms with Crippen molar-refractivity contribution < 1.29 is 18.8 Å². The first-order valence-electron chi connectivity index (χ1n) is 12.6. The number of rotatable bonds is 5. The zero-order valence-corrected chi connectivity index (χ0v) is 24.8. The molecule has 0 aliphatic carbocycles. The number of benzene rings is 2. The zero-order valence-electron chi connectivity index (χ0n) is 21.9. The molecule has 5 N–H and O–H groups in total. The van der Waals surface area contributed by atoms with Gasteiger partial charge in [0, 0.05) is 26.2 Å². The van der Waals surface area contributed by atoms with Crippen LogP contribution >= 0.6 is 34.2 Å². The highest BCUT2D eigenvalue weighted by Crippen LogP contribution is 2.57. The minimum absolute atomic E-state index is 0.196. The number of carbonyl (C=O) groups excluding carboxylic acids is 3. The van der Waals surface area contributed by atoms with Gasteiger partial charge in [-0.25, -0.2) is 14.4 Å². The lowest BCUT2D eigenvalue weighted by Gasteiger charge is -2.37. The summed E-state index contributed by atoms with van der Waals surface area (Å²) in [5.74, 6) is -3.26. The number of carbonyl (C=O) groups is 3. The number of nitrogens with two attached hydrogens (primary N) is 1. The molecule has 1 spiro atoms. The summed E-state index contributed by atoms with van der Waals surface area (Å²) in [6.45, 7) is 6.14. The smallest absolute Gasteiger partial charge is 0.286 e. The second-order valence-corrected chi connectivity index (χ2v) is 12.8. The molecular weight excluding hydrogens is 650 g/mol. The molecule has 208 valence electrons. The predicted octanol–water partition coefficient (Wildman–Crippen LogP) is 4.36. The molecule has 1 fully saturated rings. The minimum atomic E-state index is -1.33. The van der Waals surface area contributed by atoms with Gasteiger partial charge in [-0.15, -0.1) is 0 Å². The predicted molar refractivity (Wildman–Crippen MR) is 158 cm³/mol. The number of fused-ring (bicyclic) bond motifs is 2. The van der Waals surface area contributed by atoms with Gasteiger partial charge in [0.05, 0.1) is 24.1 Å². The molecule has 4 atom stereocenters. The average Bonchev–Trinajstić information content (AvgIpc) is 3.35. The van der Waals surface area contributed by atoms with Crippen LogP contribution in [0.5, 0.6) is 0 Å². The summed E-state index contributed by atoms with van der Waals surface area (Å²) in [7, 11) is 0. The van der Waals surface area contributed by atoms with E-state index in [1.54, 1.807) is 36.4 Å². The first-order chi connectivity index (χ1) is 18.8. The Morgan fingerprint density at radius 3 is 2.55 bits per heavy atom. The highest BCUT2D eigenvalue weighted by molar-refractivity contribution is 14.1. The molecule has 0 unspecified atom stereocenters. The van der Waals surface area contributed by atoms with Crippen molar-refractivity contribution in [3.63, 3.8) is 0 Å². The van der Waals surface area contributed by atoms with Gasteiger partial charge in [0.1, 0.15) is 11.2 Å². The summed E-state index contributed by atoms with van der Waals surface area (Å²) in [5.41, 5.74) is 5.29. The first-order valence-corrected chi connectivity index (χ1v) is 14.0. The van der Waals surface area contributed by atoms with Crippen LogP contribution in [0, 0.1) is 14.8 Å². The van der Waals surface area contributed by atoms with Crippen LogP contribution in [0.4, 0.5) is 15.8 Å². The van der Waals surface area contributed by atoms with Gasteiger partial charge in [-0.3, -0.25) is 14.4 Å². The molecule has 1 aromatic heterocycles. The standard InChI is InChI=1S/C28H27ClFIN6O3/c1-27(2,3)10-19-28(16-8-7-13(29)9-18(16)36-26(28)40)20(15-5-4-6-17(31)21(15)30)22(37-19)25(39)35-14-11-33-24(23(32)38)34-12-14/h4-9,11-12,19-20,22,37H,10H2,1-3H3,(H2,32,38)(H,35,39)(H,36,40)/t19-,20-,22+,28+/m0/s1. The van der Waals surface area contributed by atoms with Gasteiger partial charge in [0.15, 0.2) is 0 Å². The summed E-state index contributed by atoms with van der Waals surface area (Å²) in [5, 5.41) is 9.59. The zero-order chi connectivity index (χ0) is 29.0. The molecule has 2 aliphatic rings. The Hall–Kier alpha value is -3.16. The van der Waals surface area contributed by atoms with Gasteiger partial charge in [0.25, 0.3) is 5.91 Å². The topological polar surface area (TPSA) is 139 Å². The molecule has 3 amide bonds. The number of halogens is 3. The van der Waals surface area contributed by atoms with Crippen LogP contribution in [0.25, 0.3) is 0 Å². The maximum Gasteiger partial charge on any atom is 0.286 e. The number of nitrogens with one attached hydrogen (secondary N) is 3. The van der Waals surface area contributed by atoms with E-state index in [9.17, 15) is 14.4 Å². The van der Waals surface area contributed by atoms with Crippen molar-refractivity contribution in [3.05, 3.63) is 80.2 Å². The molecule has 0 saturated carbocycles. The number of primary amides is 1. The Balaban J connectivity index is 1.69. The molecule has 1 saturated heterocycles. The summed E-state index contributed by atoms with van der Waals surface area (Å²) in [6, 6.07) is 8.56. The van der Waals surface area contributed by atoms with Crippen LogP contribution in [0.2, 0.25) is 5.02 Å². The van der Waals surface area contributed by atoms with Crippen molar-refractivity contribution in [2.75, 3.05) is 10.6 Å². The van der Waals surface area contributed by atoms with Gasteiger partial charge in [-0.05, 0) is 63.8 Å². The van der Waals surface area contributed by atoms with Crippen LogP contribution in [-0.4, -0.2) is 39.8 Å². The summed E-state index contributed by atoms with van der Waals surface area (Å²) < 4.78 is 16.3. The normalized spacial score (nSPS) is 23.6. The lowest BCUT2D eigenvalue weighted by Crippen LogP contribution is -2.49. The van der Waals surface area contributed by atoms with E-state index in [0.717, 1.165) is 0 Å². The van der Waals surface area contributed by atoms with E-state index in [1.165, 1.54) is 12.4 Å². The largest absolute Gasteiger partial charge is 0.363 e. The second-order valence-electron chi connectivity index (χ2n) is 11.2. The first kappa shape index (κ1) is 28.4. The van der Waals surface area contributed by atoms with Crippen molar-refractivity contribution in [1.82, 2.24) is 15.3 Å². The highest BCUT2D eigenvalue weighted by Gasteiger charge is 2.66. The SMILES string of the molecule is CC(C)(C)C[C@@H]1N[C@@H](C(=O)Nc2cnc(C(N)=O)nc2)[C@H](c2cccc(I)c2F)[C@]12C(=O)Nc1cc(Cl)ccc12. The fraction of sp³-hybridized carbons (Fsp3) is 0.321. The van der Waals surface area contributed by atoms with E-state index in [2.05, 4.69) is 25.9 Å². The summed E-state index contributed by atoms with van der Waals surface area (Å²) >= 11 is 8.18. The molecule has 40 heavy (non-hydrogen) atoms. The maximum absolute atomic E-state index is 15.9. The van der Waals surface area contributed by atoms with E-state index < -0.39 is 41.0 Å². The Morgan fingerprint density at radius 1 is 1.20 bits per heavy atom. The molecule has 3 aromatic rings. The number of anilines is 2. The Labute approximate surface area is 249 Å². The van der Waals surface area contributed by atoms with E-state index in [0.29, 0.717) is 26.3 Å². The highest BCUT2D eigenvalue weighted by atomic mass is 127. The van der Waals surface area contributed by atoms with E-state index in [1.807, 2.05) is 43.4 Å². The van der Waals surface area contributed by atoms with Crippen molar-refractivity contribution >= 4 is 63.3 Å². The van der Waals surface area contributed by atoms with Crippen LogP contribution in [0.15, 0.2) is 48.8 Å². The molecule has 2 aliphatic heterocycles. The molecule has 3 heterocycles. The van der Waals surface area contributed by atoms with Crippen LogP contribution in [-0.2, 0) is 15.0 Å². The number of aromatic nitrogens is 2. The van der Waals surface area contributed by atoms with E-state index in [4.69, 9.17) is 17.3 Å². The quantitative estimate of drug-likeness (QED) is 0.297. The fourth-order valence-corrected chi connectivity index (χ4v) is 6.58. The molecular formula is C28H27ClFIN6O3. The van der Waals surface area contributed by atoms with Crippen molar-refractivity contribution in [1.29, 1.82) is 0 Å². The van der Waals surface area contributed by atoms with Crippen molar-refractivity contribution in [2.45, 2.75) is 50.6 Å². The van der Waals surface area contributed by atoms with Gasteiger partial charge < -0.3 is 21.7 Å². The van der Waals surface area contributed by atoms with Crippen LogP contribution in [0.1, 0.15) is 54.9 Å². The Bertz CT molecular complexity index is 1530. The Kier molecular flexibility index (Phi) is 7.34. The van der Waals surface area contributed by atoms with Crippen LogP contribution < -0.4 is 21.7 Å². The fourth-order valence-electron chi connectivity index (χ4n) is 5.89. The number of amides is 3. The third-order valence-electron chi connectivity index (χ3n) is 7.36. The van der Waals surface area contributed by atoms with E-state index in [-0.39, 0.29) is 28.4 Å². The molecule has 0 radical (unpaired) electrons. The van der Waals surface area contributed by atoms with Gasteiger partial charge in [-0.1, -0.05) is 50.6 Å². The van der Waals surface area contributed by atoms with Crippen LogP contribution in [0.3, 0.4) is 0 Å². The van der Waals surface area contributed by atoms with Crippen molar-refractivity contribution in [3.8, 4) is 0 Å². The molecule has 9 nitrogen and oxygen atoms in total. The molecule has 2 aromatic carbocycles. The third kappa shape index (κ3) is 4.83. The monoisotopic (exact) mass is 676 g/mol. The molecule has 0 bridgehead atoms. The lowest BCUT2D eigenvalue weighted by atomic mass is 9.62. The minimum Gasteiger partial charge on any atom is -0.363 e. The number of nitrogens with zero attached hydrogens (tertiary/aromatic N) is 2. The number of hydrogen-bond acceptors (Lipinski definition) is 6. The second kappa shape index (κ2) is 10.3. The van der Waals surface area contributed by atoms with E-state index >= 15 is 4.39 Å². The molecule has 5 rings (SSSR count). The van der Waals surface area contributed by atoms with Crippen molar-refractivity contribution in [2.24, 2.45) is 11.1 Å². The molecule has 12 heteroatoms. The summed E-state index contributed by atoms with van der Waals surface area (Å²) in [6.07, 6.45) is 3.04. The number of hydrogen-bond donors (Lipinski definition) is 4. The Morgan fingerprint density at radius 2 is 1.90 bits per heavy atom.